The Labute approximate surface area is 127 Å². The average Bonchev–Trinajstić information content (AvgIpc) is 2.70. The molecule has 116 valence electrons. The lowest BCUT2D eigenvalue weighted by molar-refractivity contribution is -0.123. The highest BCUT2D eigenvalue weighted by Gasteiger charge is 2.34. The Kier molecular flexibility index (Phi) is 5.37. The van der Waals surface area contributed by atoms with E-state index in [2.05, 4.69) is 11.8 Å². The van der Waals surface area contributed by atoms with Crippen molar-refractivity contribution in [2.24, 2.45) is 17.4 Å². The van der Waals surface area contributed by atoms with Crippen LogP contribution in [0.3, 0.4) is 0 Å². The van der Waals surface area contributed by atoms with Crippen LogP contribution in [0.25, 0.3) is 0 Å². The summed E-state index contributed by atoms with van der Waals surface area (Å²) in [4.78, 5) is 14.3. The topological polar surface area (TPSA) is 72.3 Å². The van der Waals surface area contributed by atoms with Gasteiger partial charge in [-0.05, 0) is 50.3 Å². The van der Waals surface area contributed by atoms with E-state index in [9.17, 15) is 4.79 Å². The number of nitrogens with zero attached hydrogens (tertiary/aromatic N) is 1. The summed E-state index contributed by atoms with van der Waals surface area (Å²) < 4.78 is 0. The summed E-state index contributed by atoms with van der Waals surface area (Å²) in [6.45, 7) is 5.31. The molecule has 0 spiro atoms. The third-order valence-electron chi connectivity index (χ3n) is 4.66. The number of carbonyl (C=O) groups is 1. The van der Waals surface area contributed by atoms with E-state index in [0.29, 0.717) is 6.42 Å². The Morgan fingerprint density at radius 2 is 2.00 bits per heavy atom. The summed E-state index contributed by atoms with van der Waals surface area (Å²) in [6.07, 6.45) is 4.31. The smallest absolute Gasteiger partial charge is 0.242 e. The second-order valence-electron chi connectivity index (χ2n) is 6.33. The zero-order valence-corrected chi connectivity index (χ0v) is 12.9. The van der Waals surface area contributed by atoms with E-state index in [0.717, 1.165) is 31.1 Å². The molecule has 1 aliphatic heterocycles. The zero-order valence-electron chi connectivity index (χ0n) is 12.9. The van der Waals surface area contributed by atoms with E-state index < -0.39 is 11.4 Å². The molecule has 0 bridgehead atoms. The van der Waals surface area contributed by atoms with Crippen molar-refractivity contribution >= 4 is 5.91 Å². The molecule has 4 heteroatoms. The first-order chi connectivity index (χ1) is 10.0. The molecule has 2 atom stereocenters. The van der Waals surface area contributed by atoms with Crippen molar-refractivity contribution in [1.82, 2.24) is 4.90 Å². The van der Waals surface area contributed by atoms with Crippen molar-refractivity contribution in [3.8, 4) is 0 Å². The molecular weight excluding hydrogens is 262 g/mol. The normalized spacial score (nSPS) is 23.2. The van der Waals surface area contributed by atoms with E-state index in [4.69, 9.17) is 11.5 Å². The Bertz CT molecular complexity index is 462. The number of carbonyl (C=O) groups excluding carboxylic acids is 1. The number of amides is 1. The van der Waals surface area contributed by atoms with Gasteiger partial charge in [-0.1, -0.05) is 37.3 Å². The highest BCUT2D eigenvalue weighted by Crippen LogP contribution is 2.24. The molecule has 1 fully saturated rings. The summed E-state index contributed by atoms with van der Waals surface area (Å²) >= 11 is 0. The quantitative estimate of drug-likeness (QED) is 0.868. The molecular formula is C17H27N3O. The third kappa shape index (κ3) is 4.05. The van der Waals surface area contributed by atoms with Crippen LogP contribution in [-0.4, -0.2) is 30.4 Å². The molecule has 2 rings (SSSR count). The van der Waals surface area contributed by atoms with Gasteiger partial charge in [-0.3, -0.25) is 4.79 Å². The van der Waals surface area contributed by atoms with Crippen LogP contribution in [0.1, 0.15) is 38.2 Å². The number of benzene rings is 1. The maximum absolute atomic E-state index is 11.9. The first kappa shape index (κ1) is 16.0. The fourth-order valence-electron chi connectivity index (χ4n) is 3.03. The number of likely N-dealkylation sites (tertiary alicyclic amines) is 1. The van der Waals surface area contributed by atoms with Crippen LogP contribution in [0.4, 0.5) is 0 Å². The van der Waals surface area contributed by atoms with Crippen LogP contribution in [0, 0.1) is 5.92 Å². The SMILES string of the molecule is CC1CCCN(CCC(N)(C(N)=O)c2ccccc2)CC1. The van der Waals surface area contributed by atoms with Crippen molar-refractivity contribution in [2.45, 2.75) is 38.1 Å². The summed E-state index contributed by atoms with van der Waals surface area (Å²) in [7, 11) is 0. The average molecular weight is 289 g/mol. The third-order valence-corrected chi connectivity index (χ3v) is 4.66. The second-order valence-corrected chi connectivity index (χ2v) is 6.33. The minimum Gasteiger partial charge on any atom is -0.368 e. The summed E-state index contributed by atoms with van der Waals surface area (Å²) in [5.41, 5.74) is 11.7. The molecule has 21 heavy (non-hydrogen) atoms. The molecule has 2 unspecified atom stereocenters. The Balaban J connectivity index is 2.02. The predicted octanol–water partition coefficient (Wildman–Crippen LogP) is 1.84. The minimum absolute atomic E-state index is 0.447. The number of hydrogen-bond donors (Lipinski definition) is 2. The number of hydrogen-bond acceptors (Lipinski definition) is 3. The van der Waals surface area contributed by atoms with E-state index >= 15 is 0 Å². The number of nitrogens with two attached hydrogens (primary N) is 2. The van der Waals surface area contributed by atoms with Crippen LogP contribution in [-0.2, 0) is 10.3 Å². The summed E-state index contributed by atoms with van der Waals surface area (Å²) in [5, 5.41) is 0. The lowest BCUT2D eigenvalue weighted by atomic mass is 9.86. The fraction of sp³-hybridized carbons (Fsp3) is 0.588. The van der Waals surface area contributed by atoms with Gasteiger partial charge in [0.05, 0.1) is 0 Å². The molecule has 1 saturated heterocycles. The van der Waals surface area contributed by atoms with Gasteiger partial charge in [0.25, 0.3) is 0 Å². The van der Waals surface area contributed by atoms with Gasteiger partial charge in [0.15, 0.2) is 0 Å². The minimum atomic E-state index is -1.07. The van der Waals surface area contributed by atoms with E-state index in [1.165, 1.54) is 19.3 Å². The number of primary amides is 1. The first-order valence-electron chi connectivity index (χ1n) is 7.89. The van der Waals surface area contributed by atoms with Crippen molar-refractivity contribution < 1.29 is 4.79 Å². The molecule has 4 N–H and O–H groups in total. The van der Waals surface area contributed by atoms with Crippen LogP contribution in [0.2, 0.25) is 0 Å². The molecule has 4 nitrogen and oxygen atoms in total. The Hall–Kier alpha value is -1.39. The van der Waals surface area contributed by atoms with Gasteiger partial charge in [-0.25, -0.2) is 0 Å². The van der Waals surface area contributed by atoms with Gasteiger partial charge >= 0.3 is 0 Å². The van der Waals surface area contributed by atoms with Gasteiger partial charge in [-0.15, -0.1) is 0 Å². The van der Waals surface area contributed by atoms with Crippen LogP contribution in [0.15, 0.2) is 30.3 Å². The van der Waals surface area contributed by atoms with Gasteiger partial charge in [0, 0.05) is 6.54 Å². The van der Waals surface area contributed by atoms with E-state index in [1.54, 1.807) is 0 Å². The highest BCUT2D eigenvalue weighted by molar-refractivity contribution is 5.85. The molecule has 1 aromatic rings. The fourth-order valence-corrected chi connectivity index (χ4v) is 3.03. The molecule has 0 saturated carbocycles. The lowest BCUT2D eigenvalue weighted by Gasteiger charge is -2.30. The molecule has 0 aromatic heterocycles. The van der Waals surface area contributed by atoms with E-state index in [-0.39, 0.29) is 0 Å². The lowest BCUT2D eigenvalue weighted by Crippen LogP contribution is -2.51. The van der Waals surface area contributed by atoms with Gasteiger partial charge in [0.2, 0.25) is 5.91 Å². The Morgan fingerprint density at radius 1 is 1.29 bits per heavy atom. The molecule has 1 amide bonds. The monoisotopic (exact) mass is 289 g/mol. The van der Waals surface area contributed by atoms with Crippen molar-refractivity contribution in [1.29, 1.82) is 0 Å². The summed E-state index contributed by atoms with van der Waals surface area (Å²) in [5.74, 6) is 0.347. The van der Waals surface area contributed by atoms with Crippen molar-refractivity contribution in [3.63, 3.8) is 0 Å². The molecule has 0 aliphatic carbocycles. The molecule has 0 radical (unpaired) electrons. The maximum Gasteiger partial charge on any atom is 0.242 e. The van der Waals surface area contributed by atoms with Gasteiger partial charge in [-0.2, -0.15) is 0 Å². The van der Waals surface area contributed by atoms with Crippen molar-refractivity contribution in [2.75, 3.05) is 19.6 Å². The Morgan fingerprint density at radius 3 is 2.67 bits per heavy atom. The standard InChI is InChI=1S/C17H27N3O/c1-14-6-5-11-20(12-9-14)13-10-17(19,16(18)21)15-7-3-2-4-8-15/h2-4,7-8,14H,5-6,9-13,19H2,1H3,(H2,18,21). The maximum atomic E-state index is 11.9. The van der Waals surface area contributed by atoms with Gasteiger partial charge < -0.3 is 16.4 Å². The first-order valence-corrected chi connectivity index (χ1v) is 7.89. The molecule has 1 aromatic carbocycles. The van der Waals surface area contributed by atoms with Crippen LogP contribution < -0.4 is 11.5 Å². The number of rotatable bonds is 5. The van der Waals surface area contributed by atoms with E-state index in [1.807, 2.05) is 30.3 Å². The predicted molar refractivity (Wildman–Crippen MR) is 85.6 cm³/mol. The zero-order chi connectivity index (χ0) is 15.3. The largest absolute Gasteiger partial charge is 0.368 e. The van der Waals surface area contributed by atoms with Crippen molar-refractivity contribution in [3.05, 3.63) is 35.9 Å². The van der Waals surface area contributed by atoms with Crippen LogP contribution >= 0.6 is 0 Å². The molecule has 1 aliphatic rings. The summed E-state index contributed by atoms with van der Waals surface area (Å²) in [6, 6.07) is 9.48. The highest BCUT2D eigenvalue weighted by atomic mass is 16.1. The van der Waals surface area contributed by atoms with Gasteiger partial charge in [0.1, 0.15) is 5.54 Å². The van der Waals surface area contributed by atoms with Crippen LogP contribution in [0.5, 0.6) is 0 Å². The molecule has 1 heterocycles. The second kappa shape index (κ2) is 7.05.